The molecule has 1 fully saturated rings. The number of hydrogen-bond acceptors (Lipinski definition) is 1. The first-order valence-electron chi connectivity index (χ1n) is 6.73. The molecule has 0 saturated heterocycles. The van der Waals surface area contributed by atoms with E-state index in [1.807, 2.05) is 18.2 Å². The second-order valence-electron chi connectivity index (χ2n) is 5.02. The predicted molar refractivity (Wildman–Crippen MR) is 67.6 cm³/mol. The molecular weight excluding hydrogens is 234 g/mol. The van der Waals surface area contributed by atoms with Crippen LogP contribution in [0.25, 0.3) is 0 Å². The second kappa shape index (κ2) is 6.83. The van der Waals surface area contributed by atoms with E-state index in [1.54, 1.807) is 0 Å². The van der Waals surface area contributed by atoms with E-state index >= 15 is 0 Å². The van der Waals surface area contributed by atoms with Crippen LogP contribution in [0.15, 0.2) is 30.3 Å². The van der Waals surface area contributed by atoms with Crippen LogP contribution in [-0.2, 0) is 11.2 Å². The Balaban J connectivity index is 2.01. The molecule has 1 saturated carbocycles. The molecule has 1 aliphatic rings. The number of ether oxygens (including phenoxy) is 1. The summed E-state index contributed by atoms with van der Waals surface area (Å²) in [5.41, 5.74) is 1.22. The van der Waals surface area contributed by atoms with Gasteiger partial charge in [0.15, 0.2) is 0 Å². The molecule has 0 unspecified atom stereocenters. The third kappa shape index (κ3) is 4.05. The second-order valence-corrected chi connectivity index (χ2v) is 5.02. The van der Waals surface area contributed by atoms with Gasteiger partial charge in [-0.05, 0) is 30.7 Å². The zero-order valence-electron chi connectivity index (χ0n) is 10.5. The SMILES string of the molecule is FC(F)O[C@@H]1CCCCC[C@H]1Cc1ccccc1. The summed E-state index contributed by atoms with van der Waals surface area (Å²) in [6.45, 7) is -2.65. The Morgan fingerprint density at radius 1 is 1.06 bits per heavy atom. The lowest BCUT2D eigenvalue weighted by atomic mass is 9.90. The van der Waals surface area contributed by atoms with E-state index in [-0.39, 0.29) is 12.0 Å². The molecule has 0 heterocycles. The van der Waals surface area contributed by atoms with Gasteiger partial charge in [-0.1, -0.05) is 49.6 Å². The lowest BCUT2D eigenvalue weighted by Crippen LogP contribution is -2.26. The summed E-state index contributed by atoms with van der Waals surface area (Å²) in [6.07, 6.45) is 5.58. The fourth-order valence-corrected chi connectivity index (χ4v) is 2.81. The van der Waals surface area contributed by atoms with Crippen molar-refractivity contribution in [3.63, 3.8) is 0 Å². The summed E-state index contributed by atoms with van der Waals surface area (Å²) in [5, 5.41) is 0. The van der Waals surface area contributed by atoms with Gasteiger partial charge in [-0.3, -0.25) is 0 Å². The number of alkyl halides is 2. The van der Waals surface area contributed by atoms with E-state index < -0.39 is 6.61 Å². The smallest absolute Gasteiger partial charge is 0.319 e. The van der Waals surface area contributed by atoms with Crippen molar-refractivity contribution in [2.75, 3.05) is 0 Å². The minimum absolute atomic E-state index is 0.226. The zero-order valence-corrected chi connectivity index (χ0v) is 10.5. The maximum atomic E-state index is 12.4. The molecule has 2 atom stereocenters. The lowest BCUT2D eigenvalue weighted by Gasteiger charge is -2.25. The Hall–Kier alpha value is -0.960. The van der Waals surface area contributed by atoms with Crippen LogP contribution in [0.5, 0.6) is 0 Å². The van der Waals surface area contributed by atoms with Crippen LogP contribution >= 0.6 is 0 Å². The van der Waals surface area contributed by atoms with E-state index in [1.165, 1.54) is 5.56 Å². The fourth-order valence-electron chi connectivity index (χ4n) is 2.81. The summed E-state index contributed by atoms with van der Waals surface area (Å²) in [4.78, 5) is 0. The van der Waals surface area contributed by atoms with Crippen molar-refractivity contribution in [3.05, 3.63) is 35.9 Å². The van der Waals surface area contributed by atoms with Gasteiger partial charge in [0, 0.05) is 0 Å². The third-order valence-electron chi connectivity index (χ3n) is 3.71. The molecule has 0 radical (unpaired) electrons. The van der Waals surface area contributed by atoms with Crippen LogP contribution in [0.2, 0.25) is 0 Å². The molecule has 0 N–H and O–H groups in total. The molecule has 0 spiro atoms. The van der Waals surface area contributed by atoms with Crippen molar-refractivity contribution in [3.8, 4) is 0 Å². The van der Waals surface area contributed by atoms with Crippen LogP contribution in [-0.4, -0.2) is 12.7 Å². The molecule has 0 amide bonds. The number of benzene rings is 1. The minimum Gasteiger partial charge on any atom is -0.319 e. The van der Waals surface area contributed by atoms with E-state index in [0.29, 0.717) is 0 Å². The van der Waals surface area contributed by atoms with Gasteiger partial charge in [0.25, 0.3) is 0 Å². The Kier molecular flexibility index (Phi) is 5.12. The predicted octanol–water partition coefficient (Wildman–Crippen LogP) is 4.42. The quantitative estimate of drug-likeness (QED) is 0.723. The van der Waals surface area contributed by atoms with E-state index in [4.69, 9.17) is 4.74 Å². The van der Waals surface area contributed by atoms with E-state index in [2.05, 4.69) is 12.1 Å². The van der Waals surface area contributed by atoms with Crippen molar-refractivity contribution in [1.82, 2.24) is 0 Å². The lowest BCUT2D eigenvalue weighted by molar-refractivity contribution is -0.177. The molecule has 2 rings (SSSR count). The highest BCUT2D eigenvalue weighted by molar-refractivity contribution is 5.15. The monoisotopic (exact) mass is 254 g/mol. The summed E-state index contributed by atoms with van der Waals surface area (Å²) < 4.78 is 29.7. The van der Waals surface area contributed by atoms with Gasteiger partial charge in [-0.25, -0.2) is 0 Å². The van der Waals surface area contributed by atoms with Gasteiger partial charge in [0.1, 0.15) is 0 Å². The van der Waals surface area contributed by atoms with Crippen molar-refractivity contribution in [2.45, 2.75) is 51.2 Å². The third-order valence-corrected chi connectivity index (χ3v) is 3.71. The summed E-state index contributed by atoms with van der Waals surface area (Å²) in [6, 6.07) is 10.1. The van der Waals surface area contributed by atoms with Crippen LogP contribution in [0.4, 0.5) is 8.78 Å². The molecule has 0 aromatic heterocycles. The van der Waals surface area contributed by atoms with Crippen molar-refractivity contribution in [1.29, 1.82) is 0 Å². The van der Waals surface area contributed by atoms with Crippen LogP contribution < -0.4 is 0 Å². The normalized spacial score (nSPS) is 25.1. The van der Waals surface area contributed by atoms with Gasteiger partial charge in [0.05, 0.1) is 6.10 Å². The number of hydrogen-bond donors (Lipinski definition) is 0. The first-order chi connectivity index (χ1) is 8.75. The number of rotatable bonds is 4. The molecular formula is C15H20F2O. The summed E-state index contributed by atoms with van der Waals surface area (Å²) >= 11 is 0. The average Bonchev–Trinajstić information content (AvgIpc) is 2.56. The Bertz CT molecular complexity index is 340. The Labute approximate surface area is 107 Å². The van der Waals surface area contributed by atoms with Crippen molar-refractivity contribution >= 4 is 0 Å². The largest absolute Gasteiger partial charge is 0.345 e. The minimum atomic E-state index is -2.65. The Morgan fingerprint density at radius 3 is 2.50 bits per heavy atom. The number of halogens is 2. The fraction of sp³-hybridized carbons (Fsp3) is 0.600. The molecule has 1 nitrogen and oxygen atoms in total. The highest BCUT2D eigenvalue weighted by Crippen LogP contribution is 2.29. The molecule has 0 bridgehead atoms. The standard InChI is InChI=1S/C15H20F2O/c16-15(17)18-14-10-6-2-5-9-13(14)11-12-7-3-1-4-8-12/h1,3-4,7-8,13-15H,2,5-6,9-11H2/t13-,14+/m0/s1. The van der Waals surface area contributed by atoms with Gasteiger partial charge >= 0.3 is 6.61 Å². The van der Waals surface area contributed by atoms with Gasteiger partial charge < -0.3 is 4.74 Å². The zero-order chi connectivity index (χ0) is 12.8. The molecule has 100 valence electrons. The van der Waals surface area contributed by atoms with Gasteiger partial charge in [-0.2, -0.15) is 8.78 Å². The van der Waals surface area contributed by atoms with E-state index in [0.717, 1.165) is 38.5 Å². The molecule has 1 aromatic rings. The maximum absolute atomic E-state index is 12.4. The maximum Gasteiger partial charge on any atom is 0.345 e. The summed E-state index contributed by atoms with van der Waals surface area (Å²) in [5.74, 6) is 0.226. The van der Waals surface area contributed by atoms with E-state index in [9.17, 15) is 8.78 Å². The van der Waals surface area contributed by atoms with Crippen molar-refractivity contribution < 1.29 is 13.5 Å². The van der Waals surface area contributed by atoms with Gasteiger partial charge in [0.2, 0.25) is 0 Å². The first kappa shape index (κ1) is 13.5. The molecule has 1 aliphatic carbocycles. The van der Waals surface area contributed by atoms with Crippen LogP contribution in [0, 0.1) is 5.92 Å². The Morgan fingerprint density at radius 2 is 1.78 bits per heavy atom. The molecule has 0 aliphatic heterocycles. The summed E-state index contributed by atoms with van der Waals surface area (Å²) in [7, 11) is 0. The molecule has 1 aromatic carbocycles. The van der Waals surface area contributed by atoms with Crippen molar-refractivity contribution in [2.24, 2.45) is 5.92 Å². The first-order valence-corrected chi connectivity index (χ1v) is 6.73. The molecule has 3 heteroatoms. The van der Waals surface area contributed by atoms with Crippen LogP contribution in [0.3, 0.4) is 0 Å². The average molecular weight is 254 g/mol. The molecule has 18 heavy (non-hydrogen) atoms. The van der Waals surface area contributed by atoms with Gasteiger partial charge in [-0.15, -0.1) is 0 Å². The topological polar surface area (TPSA) is 9.23 Å². The highest BCUT2D eigenvalue weighted by Gasteiger charge is 2.27. The highest BCUT2D eigenvalue weighted by atomic mass is 19.3. The van der Waals surface area contributed by atoms with Crippen LogP contribution in [0.1, 0.15) is 37.7 Å².